The number of ether oxygens (including phenoxy) is 1. The van der Waals surface area contributed by atoms with Crippen molar-refractivity contribution in [1.29, 1.82) is 0 Å². The Balaban J connectivity index is 1.78. The van der Waals surface area contributed by atoms with Crippen LogP contribution in [-0.2, 0) is 4.74 Å². The summed E-state index contributed by atoms with van der Waals surface area (Å²) >= 11 is 0. The smallest absolute Gasteiger partial charge is 0.317 e. The molecule has 2 rings (SSSR count). The molecule has 0 saturated carbocycles. The van der Waals surface area contributed by atoms with Crippen molar-refractivity contribution < 1.29 is 13.9 Å². The molecular weight excluding hydrogens is 273 g/mol. The summed E-state index contributed by atoms with van der Waals surface area (Å²) in [5.41, 5.74) is 0.605. The van der Waals surface area contributed by atoms with E-state index in [4.69, 9.17) is 4.74 Å². The maximum atomic E-state index is 13.7. The number of nitrogens with zero attached hydrogens (tertiary/aromatic N) is 2. The Labute approximate surface area is 124 Å². The molecule has 1 aliphatic heterocycles. The average Bonchev–Trinajstić information content (AvgIpc) is 2.52. The first kappa shape index (κ1) is 15.6. The van der Waals surface area contributed by atoms with Gasteiger partial charge in [-0.25, -0.2) is 9.18 Å². The van der Waals surface area contributed by atoms with Crippen molar-refractivity contribution in [2.75, 3.05) is 50.8 Å². The van der Waals surface area contributed by atoms with Crippen molar-refractivity contribution in [2.45, 2.75) is 6.92 Å². The second-order valence-corrected chi connectivity index (χ2v) is 4.85. The standard InChI is InChI=1S/C15H22FN3O2/c1-2-21-12-7-17-15(20)19-10-8-18(9-11-19)14-6-4-3-5-13(14)16/h3-6H,2,7-12H2,1H3,(H,17,20). The van der Waals surface area contributed by atoms with E-state index in [1.807, 2.05) is 17.9 Å². The minimum absolute atomic E-state index is 0.0807. The number of piperazine rings is 1. The van der Waals surface area contributed by atoms with E-state index in [9.17, 15) is 9.18 Å². The van der Waals surface area contributed by atoms with Gasteiger partial charge in [-0.05, 0) is 19.1 Å². The maximum absolute atomic E-state index is 13.7. The van der Waals surface area contributed by atoms with Gasteiger partial charge in [0, 0.05) is 39.3 Å². The van der Waals surface area contributed by atoms with Crippen LogP contribution < -0.4 is 10.2 Å². The zero-order valence-electron chi connectivity index (χ0n) is 12.3. The summed E-state index contributed by atoms with van der Waals surface area (Å²) in [6, 6.07) is 6.66. The van der Waals surface area contributed by atoms with Gasteiger partial charge in [-0.15, -0.1) is 0 Å². The summed E-state index contributed by atoms with van der Waals surface area (Å²) in [7, 11) is 0. The molecule has 1 fully saturated rings. The molecule has 0 unspecified atom stereocenters. The van der Waals surface area contributed by atoms with Crippen molar-refractivity contribution in [1.82, 2.24) is 10.2 Å². The van der Waals surface area contributed by atoms with Crippen LogP contribution >= 0.6 is 0 Å². The molecule has 0 spiro atoms. The molecule has 1 heterocycles. The number of carbonyl (C=O) groups is 1. The Morgan fingerprint density at radius 3 is 2.67 bits per heavy atom. The van der Waals surface area contributed by atoms with Gasteiger partial charge in [-0.3, -0.25) is 0 Å². The van der Waals surface area contributed by atoms with Crippen molar-refractivity contribution in [2.24, 2.45) is 0 Å². The molecule has 0 aliphatic carbocycles. The summed E-state index contributed by atoms with van der Waals surface area (Å²) in [6.45, 7) is 6.07. The van der Waals surface area contributed by atoms with E-state index in [0.717, 1.165) is 0 Å². The fourth-order valence-corrected chi connectivity index (χ4v) is 2.34. The number of nitrogens with one attached hydrogen (secondary N) is 1. The number of amides is 2. The number of hydrogen-bond acceptors (Lipinski definition) is 3. The summed E-state index contributed by atoms with van der Waals surface area (Å²) in [4.78, 5) is 15.7. The predicted molar refractivity (Wildman–Crippen MR) is 80.1 cm³/mol. The third-order valence-electron chi connectivity index (χ3n) is 3.49. The van der Waals surface area contributed by atoms with Gasteiger partial charge in [0.1, 0.15) is 5.82 Å². The van der Waals surface area contributed by atoms with Crippen LogP contribution in [0.15, 0.2) is 24.3 Å². The summed E-state index contributed by atoms with van der Waals surface area (Å²) in [5, 5.41) is 2.82. The molecule has 1 aromatic rings. The number of halogens is 1. The molecule has 1 N–H and O–H groups in total. The lowest BCUT2D eigenvalue weighted by Crippen LogP contribution is -2.52. The molecule has 1 saturated heterocycles. The van der Waals surface area contributed by atoms with Crippen LogP contribution in [0, 0.1) is 5.82 Å². The average molecular weight is 295 g/mol. The van der Waals surface area contributed by atoms with Gasteiger partial charge < -0.3 is 19.9 Å². The van der Waals surface area contributed by atoms with E-state index in [0.29, 0.717) is 51.6 Å². The minimum Gasteiger partial charge on any atom is -0.380 e. The second-order valence-electron chi connectivity index (χ2n) is 4.85. The van der Waals surface area contributed by atoms with E-state index in [2.05, 4.69) is 5.32 Å². The second kappa shape index (κ2) is 7.83. The van der Waals surface area contributed by atoms with E-state index in [1.165, 1.54) is 6.07 Å². The van der Waals surface area contributed by atoms with E-state index in [-0.39, 0.29) is 11.8 Å². The van der Waals surface area contributed by atoms with E-state index < -0.39 is 0 Å². The Bertz CT molecular complexity index is 462. The van der Waals surface area contributed by atoms with Gasteiger partial charge in [-0.2, -0.15) is 0 Å². The number of hydrogen-bond donors (Lipinski definition) is 1. The first-order valence-electron chi connectivity index (χ1n) is 7.32. The molecule has 5 nitrogen and oxygen atoms in total. The highest BCUT2D eigenvalue weighted by Crippen LogP contribution is 2.19. The molecule has 2 amide bonds. The molecule has 116 valence electrons. The fraction of sp³-hybridized carbons (Fsp3) is 0.533. The molecular formula is C15H22FN3O2. The van der Waals surface area contributed by atoms with Crippen molar-refractivity contribution in [3.05, 3.63) is 30.1 Å². The van der Waals surface area contributed by atoms with Crippen LogP contribution in [0.25, 0.3) is 0 Å². The number of benzene rings is 1. The van der Waals surface area contributed by atoms with Crippen LogP contribution in [0.2, 0.25) is 0 Å². The van der Waals surface area contributed by atoms with Gasteiger partial charge in [0.05, 0.1) is 12.3 Å². The van der Waals surface area contributed by atoms with Crippen LogP contribution in [0.5, 0.6) is 0 Å². The number of para-hydroxylation sites is 1. The monoisotopic (exact) mass is 295 g/mol. The predicted octanol–water partition coefficient (Wildman–Crippen LogP) is 1.69. The molecule has 21 heavy (non-hydrogen) atoms. The Morgan fingerprint density at radius 2 is 2.00 bits per heavy atom. The summed E-state index contributed by atoms with van der Waals surface area (Å²) in [6.07, 6.45) is 0. The molecule has 1 aromatic carbocycles. The number of anilines is 1. The highest BCUT2D eigenvalue weighted by atomic mass is 19.1. The number of urea groups is 1. The van der Waals surface area contributed by atoms with Crippen molar-refractivity contribution in [3.8, 4) is 0 Å². The normalized spacial score (nSPS) is 15.1. The zero-order valence-corrected chi connectivity index (χ0v) is 12.3. The lowest BCUT2D eigenvalue weighted by molar-refractivity contribution is 0.145. The molecule has 0 bridgehead atoms. The van der Waals surface area contributed by atoms with Crippen LogP contribution in [0.4, 0.5) is 14.9 Å². The maximum Gasteiger partial charge on any atom is 0.317 e. The van der Waals surface area contributed by atoms with E-state index in [1.54, 1.807) is 17.0 Å². The molecule has 6 heteroatoms. The Kier molecular flexibility index (Phi) is 5.80. The highest BCUT2D eigenvalue weighted by Gasteiger charge is 2.22. The van der Waals surface area contributed by atoms with Crippen molar-refractivity contribution in [3.63, 3.8) is 0 Å². The van der Waals surface area contributed by atoms with Crippen LogP contribution in [-0.4, -0.2) is 56.9 Å². The van der Waals surface area contributed by atoms with Gasteiger partial charge in [-0.1, -0.05) is 12.1 Å². The van der Waals surface area contributed by atoms with Gasteiger partial charge in [0.15, 0.2) is 0 Å². The molecule has 0 aromatic heterocycles. The largest absolute Gasteiger partial charge is 0.380 e. The van der Waals surface area contributed by atoms with Gasteiger partial charge in [0.25, 0.3) is 0 Å². The topological polar surface area (TPSA) is 44.8 Å². The van der Waals surface area contributed by atoms with Crippen LogP contribution in [0.1, 0.15) is 6.92 Å². The molecule has 0 radical (unpaired) electrons. The third kappa shape index (κ3) is 4.32. The zero-order chi connectivity index (χ0) is 15.1. The van der Waals surface area contributed by atoms with Crippen LogP contribution in [0.3, 0.4) is 0 Å². The molecule has 1 aliphatic rings. The minimum atomic E-state index is -0.216. The lowest BCUT2D eigenvalue weighted by atomic mass is 10.2. The lowest BCUT2D eigenvalue weighted by Gasteiger charge is -2.36. The first-order valence-corrected chi connectivity index (χ1v) is 7.32. The quantitative estimate of drug-likeness (QED) is 0.841. The van der Waals surface area contributed by atoms with Crippen molar-refractivity contribution >= 4 is 11.7 Å². The van der Waals surface area contributed by atoms with Gasteiger partial charge in [0.2, 0.25) is 0 Å². The Hall–Kier alpha value is -1.82. The summed E-state index contributed by atoms with van der Waals surface area (Å²) in [5.74, 6) is -0.216. The number of carbonyl (C=O) groups excluding carboxylic acids is 1. The molecule has 0 atom stereocenters. The summed E-state index contributed by atoms with van der Waals surface area (Å²) < 4.78 is 18.9. The van der Waals surface area contributed by atoms with Gasteiger partial charge >= 0.3 is 6.03 Å². The fourth-order valence-electron chi connectivity index (χ4n) is 2.34. The SMILES string of the molecule is CCOCCNC(=O)N1CCN(c2ccccc2F)CC1. The number of rotatable bonds is 5. The highest BCUT2D eigenvalue weighted by molar-refractivity contribution is 5.74. The Morgan fingerprint density at radius 1 is 1.29 bits per heavy atom. The third-order valence-corrected chi connectivity index (χ3v) is 3.49. The van der Waals surface area contributed by atoms with E-state index >= 15 is 0 Å². The first-order chi connectivity index (χ1) is 10.2.